The fourth-order valence-corrected chi connectivity index (χ4v) is 3.41. The molecule has 0 saturated carbocycles. The molecule has 0 heterocycles. The molecule has 0 fully saturated rings. The van der Waals surface area contributed by atoms with E-state index in [1.807, 2.05) is 6.07 Å². The predicted molar refractivity (Wildman–Crippen MR) is 118 cm³/mol. The van der Waals surface area contributed by atoms with Crippen LogP contribution in [0.2, 0.25) is 0 Å². The van der Waals surface area contributed by atoms with Crippen molar-refractivity contribution < 1.29 is 22.7 Å². The average molecular weight is 433 g/mol. The Kier molecular flexibility index (Phi) is 8.02. The van der Waals surface area contributed by atoms with Gasteiger partial charge < -0.3 is 14.8 Å². The summed E-state index contributed by atoms with van der Waals surface area (Å²) < 4.78 is 36.7. The second kappa shape index (κ2) is 10.3. The number of rotatable bonds is 9. The van der Waals surface area contributed by atoms with Crippen LogP contribution in [-0.2, 0) is 14.8 Å². The number of carbonyl (C=O) groups is 1. The molecule has 1 N–H and O–H groups in total. The number of hydrogen-bond acceptors (Lipinski definition) is 5. The largest absolute Gasteiger partial charge is 0.493 e. The number of nitrogens with one attached hydrogen (secondary N) is 1. The lowest BCUT2D eigenvalue weighted by molar-refractivity contribution is -0.111. The van der Waals surface area contributed by atoms with Crippen LogP contribution in [-0.4, -0.2) is 46.4 Å². The lowest BCUT2D eigenvalue weighted by atomic mass is 10.2. The van der Waals surface area contributed by atoms with E-state index >= 15 is 0 Å². The molecule has 0 aliphatic heterocycles. The van der Waals surface area contributed by atoms with Crippen LogP contribution in [0.4, 0.5) is 5.69 Å². The molecule has 162 valence electrons. The van der Waals surface area contributed by atoms with Crippen LogP contribution in [0.1, 0.15) is 19.4 Å². The summed E-state index contributed by atoms with van der Waals surface area (Å²) in [6, 6.07) is 11.5. The smallest absolute Gasteiger partial charge is 0.248 e. The van der Waals surface area contributed by atoms with Gasteiger partial charge in [0.15, 0.2) is 11.5 Å². The molecule has 1 amide bonds. The Balaban J connectivity index is 2.10. The van der Waals surface area contributed by atoms with Gasteiger partial charge in [-0.3, -0.25) is 4.79 Å². The molecule has 0 radical (unpaired) electrons. The maximum absolute atomic E-state index is 12.3. The van der Waals surface area contributed by atoms with E-state index in [0.717, 1.165) is 9.87 Å². The minimum absolute atomic E-state index is 0.107. The minimum atomic E-state index is -3.57. The third-order valence-corrected chi connectivity index (χ3v) is 5.88. The zero-order valence-electron chi connectivity index (χ0n) is 17.9. The van der Waals surface area contributed by atoms with Crippen molar-refractivity contribution in [3.05, 3.63) is 54.1 Å². The van der Waals surface area contributed by atoms with E-state index in [9.17, 15) is 13.2 Å². The molecule has 2 aromatic rings. The molecule has 0 saturated heterocycles. The summed E-state index contributed by atoms with van der Waals surface area (Å²) in [6.45, 7) is 4.71. The molecular formula is C22H28N2O5S. The molecular weight excluding hydrogens is 404 g/mol. The lowest BCUT2D eigenvalue weighted by Gasteiger charge is -2.13. The van der Waals surface area contributed by atoms with Gasteiger partial charge >= 0.3 is 0 Å². The predicted octanol–water partition coefficient (Wildman–Crippen LogP) is 3.63. The summed E-state index contributed by atoms with van der Waals surface area (Å²) in [5, 5.41) is 2.67. The number of ether oxygens (including phenoxy) is 2. The summed E-state index contributed by atoms with van der Waals surface area (Å²) in [7, 11) is 0.898. The Labute approximate surface area is 178 Å². The molecule has 0 aliphatic rings. The van der Waals surface area contributed by atoms with Crippen molar-refractivity contribution >= 4 is 27.7 Å². The lowest BCUT2D eigenvalue weighted by Crippen LogP contribution is -2.22. The molecule has 0 atom stereocenters. The summed E-state index contributed by atoms with van der Waals surface area (Å²) >= 11 is 0. The van der Waals surface area contributed by atoms with Gasteiger partial charge in [0, 0.05) is 25.9 Å². The summed E-state index contributed by atoms with van der Waals surface area (Å²) in [6.07, 6.45) is 3.01. The number of anilines is 1. The van der Waals surface area contributed by atoms with Crippen LogP contribution in [0, 0.1) is 5.92 Å². The number of sulfonamides is 1. The van der Waals surface area contributed by atoms with Gasteiger partial charge in [-0.25, -0.2) is 12.7 Å². The van der Waals surface area contributed by atoms with Crippen LogP contribution in [0.15, 0.2) is 53.4 Å². The highest BCUT2D eigenvalue weighted by atomic mass is 32.2. The monoisotopic (exact) mass is 432 g/mol. The molecule has 2 aromatic carbocycles. The molecule has 0 bridgehead atoms. The van der Waals surface area contributed by atoms with Gasteiger partial charge in [-0.15, -0.1) is 0 Å². The van der Waals surface area contributed by atoms with Crippen LogP contribution in [0.3, 0.4) is 0 Å². The Morgan fingerprint density at radius 1 is 1.13 bits per heavy atom. The Morgan fingerprint density at radius 2 is 1.87 bits per heavy atom. The van der Waals surface area contributed by atoms with Crippen LogP contribution in [0.5, 0.6) is 11.5 Å². The summed E-state index contributed by atoms with van der Waals surface area (Å²) in [4.78, 5) is 12.4. The first-order chi connectivity index (χ1) is 14.1. The molecule has 0 aromatic heterocycles. The number of hydrogen-bond donors (Lipinski definition) is 1. The quantitative estimate of drug-likeness (QED) is 0.612. The number of methoxy groups -OCH3 is 1. The first-order valence-corrected chi connectivity index (χ1v) is 10.9. The average Bonchev–Trinajstić information content (AvgIpc) is 2.70. The van der Waals surface area contributed by atoms with Crippen LogP contribution in [0.25, 0.3) is 6.08 Å². The normalized spacial score (nSPS) is 11.8. The van der Waals surface area contributed by atoms with Gasteiger partial charge in [0.25, 0.3) is 0 Å². The van der Waals surface area contributed by atoms with Crippen molar-refractivity contribution in [2.45, 2.75) is 18.7 Å². The van der Waals surface area contributed by atoms with Crippen molar-refractivity contribution in [3.63, 3.8) is 0 Å². The maximum atomic E-state index is 12.3. The number of nitrogens with zero attached hydrogens (tertiary/aromatic N) is 1. The number of benzene rings is 2. The van der Waals surface area contributed by atoms with E-state index < -0.39 is 10.0 Å². The molecule has 0 spiro atoms. The molecule has 7 nitrogen and oxygen atoms in total. The van der Waals surface area contributed by atoms with Crippen molar-refractivity contribution in [1.82, 2.24) is 4.31 Å². The molecule has 0 aliphatic carbocycles. The zero-order valence-corrected chi connectivity index (χ0v) is 18.7. The van der Waals surface area contributed by atoms with Gasteiger partial charge in [0.1, 0.15) is 0 Å². The highest BCUT2D eigenvalue weighted by molar-refractivity contribution is 7.89. The first-order valence-electron chi connectivity index (χ1n) is 9.46. The van der Waals surface area contributed by atoms with Crippen molar-refractivity contribution in [3.8, 4) is 11.5 Å². The van der Waals surface area contributed by atoms with E-state index in [4.69, 9.17) is 9.47 Å². The number of amides is 1. The van der Waals surface area contributed by atoms with E-state index in [-0.39, 0.29) is 10.8 Å². The first kappa shape index (κ1) is 23.4. The van der Waals surface area contributed by atoms with Gasteiger partial charge in [-0.2, -0.15) is 0 Å². The fraction of sp³-hybridized carbons (Fsp3) is 0.318. The van der Waals surface area contributed by atoms with E-state index in [2.05, 4.69) is 19.2 Å². The SMILES string of the molecule is COc1cc(/C=C/C(=O)Nc2cccc(S(=O)(=O)N(C)C)c2)ccc1OCC(C)C. The number of carbonyl (C=O) groups excluding carboxylic acids is 1. The Hall–Kier alpha value is -2.84. The molecule has 30 heavy (non-hydrogen) atoms. The van der Waals surface area contributed by atoms with E-state index in [1.54, 1.807) is 37.5 Å². The summed E-state index contributed by atoms with van der Waals surface area (Å²) in [5.74, 6) is 1.24. The van der Waals surface area contributed by atoms with Gasteiger partial charge in [-0.1, -0.05) is 26.0 Å². The van der Waals surface area contributed by atoms with Gasteiger partial charge in [-0.05, 0) is 47.9 Å². The topological polar surface area (TPSA) is 84.9 Å². The highest BCUT2D eigenvalue weighted by Gasteiger charge is 2.17. The van der Waals surface area contributed by atoms with Crippen LogP contribution >= 0.6 is 0 Å². The maximum Gasteiger partial charge on any atom is 0.248 e. The zero-order chi connectivity index (χ0) is 22.3. The van der Waals surface area contributed by atoms with Crippen molar-refractivity contribution in [2.75, 3.05) is 33.1 Å². The Morgan fingerprint density at radius 3 is 2.50 bits per heavy atom. The molecule has 0 unspecified atom stereocenters. The van der Waals surface area contributed by atoms with Crippen molar-refractivity contribution in [2.24, 2.45) is 5.92 Å². The second-order valence-electron chi connectivity index (χ2n) is 7.25. The molecule has 2 rings (SSSR count). The fourth-order valence-electron chi connectivity index (χ4n) is 2.46. The third-order valence-electron chi connectivity index (χ3n) is 4.07. The molecule has 8 heteroatoms. The second-order valence-corrected chi connectivity index (χ2v) is 9.40. The van der Waals surface area contributed by atoms with Gasteiger partial charge in [0.2, 0.25) is 15.9 Å². The van der Waals surface area contributed by atoms with E-state index in [1.165, 1.54) is 32.3 Å². The highest BCUT2D eigenvalue weighted by Crippen LogP contribution is 2.29. The third kappa shape index (κ3) is 6.33. The van der Waals surface area contributed by atoms with Gasteiger partial charge in [0.05, 0.1) is 18.6 Å². The van der Waals surface area contributed by atoms with Crippen LogP contribution < -0.4 is 14.8 Å². The minimum Gasteiger partial charge on any atom is -0.493 e. The van der Waals surface area contributed by atoms with E-state index in [0.29, 0.717) is 29.7 Å². The standard InChI is InChI=1S/C22H28N2O5S/c1-16(2)15-29-20-11-9-17(13-21(20)28-5)10-12-22(25)23-18-7-6-8-19(14-18)30(26,27)24(3)4/h6-14,16H,15H2,1-5H3,(H,23,25)/b12-10+. The Bertz CT molecular complexity index is 1010. The van der Waals surface area contributed by atoms with Crippen molar-refractivity contribution in [1.29, 1.82) is 0 Å². The summed E-state index contributed by atoms with van der Waals surface area (Å²) in [5.41, 5.74) is 1.16.